The Kier molecular flexibility index (Phi) is 3.37. The molecule has 8 heavy (non-hydrogen) atoms. The normalized spacial score (nSPS) is 8.62. The average molecular weight is 133 g/mol. The van der Waals surface area contributed by atoms with Crippen molar-refractivity contribution >= 4 is 11.6 Å². The first-order chi connectivity index (χ1) is 3.66. The first-order valence-corrected chi connectivity index (χ1v) is 2.79. The van der Waals surface area contributed by atoms with Crippen LogP contribution in [0.25, 0.3) is 0 Å². The van der Waals surface area contributed by atoms with Crippen molar-refractivity contribution in [2.24, 2.45) is 0 Å². The van der Waals surface area contributed by atoms with Crippen LogP contribution in [0.2, 0.25) is 0 Å². The maximum absolute atomic E-state index is 8.54. The minimum absolute atomic E-state index is 0.121. The van der Waals surface area contributed by atoms with Crippen LogP contribution in [-0.4, -0.2) is 11.0 Å². The van der Waals surface area contributed by atoms with Crippen LogP contribution in [0.1, 0.15) is 6.42 Å². The number of alkyl halides is 1. The summed E-state index contributed by atoms with van der Waals surface area (Å²) in [5.41, 5.74) is 0.791. The zero-order chi connectivity index (χ0) is 6.57. The van der Waals surface area contributed by atoms with Crippen LogP contribution >= 0.6 is 11.6 Å². The molecule has 1 N–H and O–H groups in total. The highest BCUT2D eigenvalue weighted by molar-refractivity contribution is 6.19. The molecule has 0 unspecified atom stereocenters. The summed E-state index contributed by atoms with van der Waals surface area (Å²) in [5, 5.41) is 8.54. The quantitative estimate of drug-likeness (QED) is 0.355. The predicted molar refractivity (Wildman–Crippen MR) is 36.2 cm³/mol. The van der Waals surface area contributed by atoms with Gasteiger partial charge >= 0.3 is 0 Å². The molecule has 0 fully saturated rings. The number of aliphatic hydroxyl groups excluding tert-OH is 1. The van der Waals surface area contributed by atoms with E-state index in [0.29, 0.717) is 12.3 Å². The summed E-state index contributed by atoms with van der Waals surface area (Å²) in [4.78, 5) is 0. The van der Waals surface area contributed by atoms with E-state index in [0.717, 1.165) is 5.57 Å². The molecule has 0 radical (unpaired) electrons. The summed E-state index contributed by atoms with van der Waals surface area (Å²) in [7, 11) is 0. The van der Waals surface area contributed by atoms with Crippen LogP contribution in [0.15, 0.2) is 24.5 Å². The number of halogens is 1. The monoisotopic (exact) mass is 132 g/mol. The van der Waals surface area contributed by atoms with Crippen molar-refractivity contribution in [2.75, 3.05) is 5.88 Å². The number of hydrogen-bond donors (Lipinski definition) is 1. The van der Waals surface area contributed by atoms with Gasteiger partial charge in [0.25, 0.3) is 0 Å². The third kappa shape index (κ3) is 3.75. The molecule has 0 atom stereocenters. The van der Waals surface area contributed by atoms with Gasteiger partial charge in [-0.05, 0) is 0 Å². The topological polar surface area (TPSA) is 20.2 Å². The van der Waals surface area contributed by atoms with E-state index < -0.39 is 0 Å². The van der Waals surface area contributed by atoms with Crippen LogP contribution in [0.3, 0.4) is 0 Å². The highest BCUT2D eigenvalue weighted by atomic mass is 35.5. The zero-order valence-corrected chi connectivity index (χ0v) is 5.41. The van der Waals surface area contributed by atoms with Crippen LogP contribution in [0.4, 0.5) is 0 Å². The van der Waals surface area contributed by atoms with Crippen molar-refractivity contribution < 1.29 is 5.11 Å². The van der Waals surface area contributed by atoms with E-state index >= 15 is 0 Å². The van der Waals surface area contributed by atoms with Gasteiger partial charge in [0.05, 0.1) is 5.76 Å². The fourth-order valence-corrected chi connectivity index (χ4v) is 0.430. The largest absolute Gasteiger partial charge is 0.513 e. The van der Waals surface area contributed by atoms with Gasteiger partial charge < -0.3 is 5.11 Å². The summed E-state index contributed by atoms with van der Waals surface area (Å²) in [6.45, 7) is 6.84. The van der Waals surface area contributed by atoms with Gasteiger partial charge in [0.15, 0.2) is 0 Å². The van der Waals surface area contributed by atoms with Crippen LogP contribution in [0.5, 0.6) is 0 Å². The van der Waals surface area contributed by atoms with E-state index in [1.165, 1.54) is 0 Å². The van der Waals surface area contributed by atoms with Crippen LogP contribution in [0, 0.1) is 0 Å². The molecular formula is C6H9ClO. The van der Waals surface area contributed by atoms with Gasteiger partial charge in [0.2, 0.25) is 0 Å². The molecule has 1 nitrogen and oxygen atoms in total. The molecule has 2 heteroatoms. The Morgan fingerprint density at radius 2 is 2.00 bits per heavy atom. The van der Waals surface area contributed by atoms with Crippen molar-refractivity contribution in [3.63, 3.8) is 0 Å². The standard InChI is InChI=1S/C6H9ClO/c1-5(4-7)3-6(2)8/h8H,1-4H2. The number of rotatable bonds is 3. The average Bonchev–Trinajstić information content (AvgIpc) is 1.65. The third-order valence-electron chi connectivity index (χ3n) is 0.643. The maximum Gasteiger partial charge on any atom is 0.0891 e. The second-order valence-electron chi connectivity index (χ2n) is 1.63. The van der Waals surface area contributed by atoms with Gasteiger partial charge in [-0.1, -0.05) is 18.7 Å². The van der Waals surface area contributed by atoms with Crippen LogP contribution in [-0.2, 0) is 0 Å². The highest BCUT2D eigenvalue weighted by Gasteiger charge is 1.91. The Hall–Kier alpha value is -0.430. The molecule has 0 aromatic carbocycles. The molecule has 0 aromatic rings. The van der Waals surface area contributed by atoms with Crippen molar-refractivity contribution in [2.45, 2.75) is 6.42 Å². The van der Waals surface area contributed by atoms with Crippen LogP contribution < -0.4 is 0 Å². The molecule has 0 rings (SSSR count). The Morgan fingerprint density at radius 1 is 1.50 bits per heavy atom. The van der Waals surface area contributed by atoms with E-state index in [1.807, 2.05) is 0 Å². The number of allylic oxidation sites excluding steroid dienone is 1. The van der Waals surface area contributed by atoms with Crippen molar-refractivity contribution in [1.82, 2.24) is 0 Å². The molecule has 0 spiro atoms. The molecular weight excluding hydrogens is 124 g/mol. The van der Waals surface area contributed by atoms with E-state index in [9.17, 15) is 0 Å². The third-order valence-corrected chi connectivity index (χ3v) is 1.02. The summed E-state index contributed by atoms with van der Waals surface area (Å²) < 4.78 is 0. The Bertz CT molecular complexity index is 107. The number of aliphatic hydroxyl groups is 1. The van der Waals surface area contributed by atoms with Crippen molar-refractivity contribution in [1.29, 1.82) is 0 Å². The SMILES string of the molecule is C=C(O)CC(=C)CCl. The molecule has 0 saturated heterocycles. The van der Waals surface area contributed by atoms with Gasteiger partial charge in [-0.2, -0.15) is 0 Å². The second kappa shape index (κ2) is 3.56. The molecule has 0 amide bonds. The summed E-state index contributed by atoms with van der Waals surface area (Å²) in [5.74, 6) is 0.509. The molecule has 0 aliphatic carbocycles. The molecule has 0 aromatic heterocycles. The first-order valence-electron chi connectivity index (χ1n) is 2.26. The lowest BCUT2D eigenvalue weighted by molar-refractivity contribution is 0.401. The molecule has 0 saturated carbocycles. The highest BCUT2D eigenvalue weighted by Crippen LogP contribution is 2.04. The molecule has 0 heterocycles. The van der Waals surface area contributed by atoms with Gasteiger partial charge in [0.1, 0.15) is 0 Å². The van der Waals surface area contributed by atoms with Crippen molar-refractivity contribution in [3.8, 4) is 0 Å². The van der Waals surface area contributed by atoms with E-state index in [4.69, 9.17) is 16.7 Å². The van der Waals surface area contributed by atoms with Gasteiger partial charge in [0, 0.05) is 12.3 Å². The smallest absolute Gasteiger partial charge is 0.0891 e. The van der Waals surface area contributed by atoms with E-state index in [1.54, 1.807) is 0 Å². The lowest BCUT2D eigenvalue weighted by Gasteiger charge is -1.95. The molecule has 0 aliphatic heterocycles. The lowest BCUT2D eigenvalue weighted by Crippen LogP contribution is -1.84. The lowest BCUT2D eigenvalue weighted by atomic mass is 10.2. The molecule has 46 valence electrons. The summed E-state index contributed by atoms with van der Waals surface area (Å²) in [6, 6.07) is 0. The number of hydrogen-bond acceptors (Lipinski definition) is 1. The summed E-state index contributed by atoms with van der Waals surface area (Å²) in [6.07, 6.45) is 0.420. The predicted octanol–water partition coefficient (Wildman–Crippen LogP) is 2.24. The fraction of sp³-hybridized carbons (Fsp3) is 0.333. The minimum Gasteiger partial charge on any atom is -0.513 e. The summed E-state index contributed by atoms with van der Waals surface area (Å²) >= 11 is 5.34. The molecule has 0 bridgehead atoms. The second-order valence-corrected chi connectivity index (χ2v) is 1.89. The van der Waals surface area contributed by atoms with E-state index in [2.05, 4.69) is 13.2 Å². The molecule has 0 aliphatic rings. The Labute approximate surface area is 54.3 Å². The fourth-order valence-electron chi connectivity index (χ4n) is 0.336. The first kappa shape index (κ1) is 7.57. The van der Waals surface area contributed by atoms with Gasteiger partial charge in [-0.25, -0.2) is 0 Å². The van der Waals surface area contributed by atoms with Crippen molar-refractivity contribution in [3.05, 3.63) is 24.5 Å². The Morgan fingerprint density at radius 3 is 2.12 bits per heavy atom. The van der Waals surface area contributed by atoms with Gasteiger partial charge in [-0.3, -0.25) is 0 Å². The minimum atomic E-state index is 0.121. The van der Waals surface area contributed by atoms with Gasteiger partial charge in [-0.15, -0.1) is 11.6 Å². The van der Waals surface area contributed by atoms with E-state index in [-0.39, 0.29) is 5.76 Å². The maximum atomic E-state index is 8.54. The Balaban J connectivity index is 3.40. The zero-order valence-electron chi connectivity index (χ0n) is 4.65.